The Kier molecular flexibility index (Phi) is 4.25. The third kappa shape index (κ3) is 2.57. The third-order valence-electron chi connectivity index (χ3n) is 2.48. The summed E-state index contributed by atoms with van der Waals surface area (Å²) in [5, 5.41) is 3.03. The lowest BCUT2D eigenvalue weighted by atomic mass is 9.93. The number of hydrogen-bond donors (Lipinski definition) is 1. The molecule has 2 atom stereocenters. The summed E-state index contributed by atoms with van der Waals surface area (Å²) in [7, 11) is 1.84. The average molecular weight is 171 g/mol. The van der Waals surface area contributed by atoms with E-state index >= 15 is 0 Å². The largest absolute Gasteiger partial charge is 0.381 e. The molecule has 0 aliphatic carbocycles. The minimum absolute atomic E-state index is 0.0201. The molecule has 3 heteroatoms. The first-order valence-corrected chi connectivity index (χ1v) is 4.58. The van der Waals surface area contributed by atoms with Crippen LogP contribution in [0.25, 0.3) is 0 Å². The van der Waals surface area contributed by atoms with E-state index in [1.165, 1.54) is 0 Å². The Labute approximate surface area is 73.5 Å². The first-order chi connectivity index (χ1) is 5.88. The Hall–Kier alpha value is -0.410. The zero-order valence-electron chi connectivity index (χ0n) is 7.58. The second kappa shape index (κ2) is 5.27. The van der Waals surface area contributed by atoms with Crippen molar-refractivity contribution in [3.05, 3.63) is 0 Å². The van der Waals surface area contributed by atoms with Crippen molar-refractivity contribution < 1.29 is 9.53 Å². The molecule has 0 aromatic rings. The maximum Gasteiger partial charge on any atom is 0.137 e. The average Bonchev–Trinajstić information content (AvgIpc) is 2.35. The topological polar surface area (TPSA) is 38.3 Å². The number of hydrogen-bond acceptors (Lipinski definition) is 3. The molecule has 0 bridgehead atoms. The van der Waals surface area contributed by atoms with Gasteiger partial charge in [0, 0.05) is 13.2 Å². The number of aldehydes is 1. The predicted molar refractivity (Wildman–Crippen MR) is 47.1 cm³/mol. The van der Waals surface area contributed by atoms with E-state index in [0.717, 1.165) is 38.8 Å². The van der Waals surface area contributed by atoms with E-state index in [9.17, 15) is 4.79 Å². The van der Waals surface area contributed by atoms with Gasteiger partial charge in [-0.2, -0.15) is 0 Å². The number of nitrogens with one attached hydrogen (secondary N) is 1. The highest BCUT2D eigenvalue weighted by molar-refractivity contribution is 5.58. The summed E-state index contributed by atoms with van der Waals surface area (Å²) in [4.78, 5) is 10.6. The Bertz CT molecular complexity index is 130. The number of likely N-dealkylation sites (N-methyl/N-ethyl adjacent to an activating group) is 1. The number of rotatable bonds is 3. The quantitative estimate of drug-likeness (QED) is 0.632. The Balaban J connectivity index is 2.40. The molecular formula is C9H17NO2. The molecule has 1 rings (SSSR count). The Morgan fingerprint density at radius 2 is 2.33 bits per heavy atom. The van der Waals surface area contributed by atoms with E-state index in [-0.39, 0.29) is 6.04 Å². The van der Waals surface area contributed by atoms with Crippen molar-refractivity contribution >= 4 is 6.29 Å². The smallest absolute Gasteiger partial charge is 0.137 e. The van der Waals surface area contributed by atoms with Crippen molar-refractivity contribution in [3.8, 4) is 0 Å². The molecule has 3 nitrogen and oxygen atoms in total. The molecule has 1 aliphatic heterocycles. The lowest BCUT2D eigenvalue weighted by molar-refractivity contribution is -0.110. The highest BCUT2D eigenvalue weighted by atomic mass is 16.5. The molecule has 1 aliphatic rings. The van der Waals surface area contributed by atoms with E-state index in [2.05, 4.69) is 5.32 Å². The van der Waals surface area contributed by atoms with Gasteiger partial charge in [-0.3, -0.25) is 0 Å². The molecule has 12 heavy (non-hydrogen) atoms. The van der Waals surface area contributed by atoms with Crippen LogP contribution in [0.4, 0.5) is 0 Å². The van der Waals surface area contributed by atoms with Crippen LogP contribution in [-0.2, 0) is 9.53 Å². The molecule has 1 fully saturated rings. The lowest BCUT2D eigenvalue weighted by Gasteiger charge is -2.19. The predicted octanol–water partition coefficient (Wildman–Crippen LogP) is 0.590. The van der Waals surface area contributed by atoms with Crippen LogP contribution in [0.3, 0.4) is 0 Å². The fourth-order valence-electron chi connectivity index (χ4n) is 1.70. The van der Waals surface area contributed by atoms with Gasteiger partial charge in [-0.25, -0.2) is 0 Å². The summed E-state index contributed by atoms with van der Waals surface area (Å²) < 4.78 is 5.32. The van der Waals surface area contributed by atoms with Gasteiger partial charge in [0.25, 0.3) is 0 Å². The molecule has 1 N–H and O–H groups in total. The Morgan fingerprint density at radius 3 is 3.00 bits per heavy atom. The van der Waals surface area contributed by atoms with Crippen LogP contribution in [0.5, 0.6) is 0 Å². The van der Waals surface area contributed by atoms with Gasteiger partial charge in [0.2, 0.25) is 0 Å². The van der Waals surface area contributed by atoms with Gasteiger partial charge >= 0.3 is 0 Å². The van der Waals surface area contributed by atoms with E-state index in [1.54, 1.807) is 0 Å². The summed E-state index contributed by atoms with van der Waals surface area (Å²) in [5.74, 6) is 0.468. The van der Waals surface area contributed by atoms with Crippen LogP contribution < -0.4 is 5.32 Å². The molecule has 0 aromatic heterocycles. The highest BCUT2D eigenvalue weighted by Crippen LogP contribution is 2.18. The number of ether oxygens (including phenoxy) is 1. The first kappa shape index (κ1) is 9.68. The minimum atomic E-state index is 0.0201. The van der Waals surface area contributed by atoms with E-state index in [4.69, 9.17) is 4.74 Å². The van der Waals surface area contributed by atoms with Gasteiger partial charge in [0.15, 0.2) is 0 Å². The fourth-order valence-corrected chi connectivity index (χ4v) is 1.70. The molecular weight excluding hydrogens is 154 g/mol. The maximum absolute atomic E-state index is 10.6. The standard InChI is InChI=1S/C9H17NO2/c1-10-9(7-11)8-3-2-5-12-6-4-8/h7-10H,2-6H2,1H3. The van der Waals surface area contributed by atoms with Gasteiger partial charge in [-0.15, -0.1) is 0 Å². The van der Waals surface area contributed by atoms with Crippen LogP contribution in [0.2, 0.25) is 0 Å². The van der Waals surface area contributed by atoms with E-state index < -0.39 is 0 Å². The fraction of sp³-hybridized carbons (Fsp3) is 0.889. The normalized spacial score (nSPS) is 27.6. The van der Waals surface area contributed by atoms with Gasteiger partial charge in [0.1, 0.15) is 6.29 Å². The van der Waals surface area contributed by atoms with Crippen molar-refractivity contribution in [3.63, 3.8) is 0 Å². The molecule has 0 aromatic carbocycles. The molecule has 0 saturated carbocycles. The number of carbonyl (C=O) groups is 1. The first-order valence-electron chi connectivity index (χ1n) is 4.58. The molecule has 1 saturated heterocycles. The van der Waals surface area contributed by atoms with Crippen molar-refractivity contribution in [2.75, 3.05) is 20.3 Å². The van der Waals surface area contributed by atoms with Crippen LogP contribution in [0.1, 0.15) is 19.3 Å². The van der Waals surface area contributed by atoms with Gasteiger partial charge in [0.05, 0.1) is 6.04 Å². The monoisotopic (exact) mass is 171 g/mol. The summed E-state index contributed by atoms with van der Waals surface area (Å²) in [6.07, 6.45) is 4.20. The van der Waals surface area contributed by atoms with Crippen molar-refractivity contribution in [2.45, 2.75) is 25.3 Å². The van der Waals surface area contributed by atoms with Crippen LogP contribution in [0, 0.1) is 5.92 Å². The second-order valence-electron chi connectivity index (χ2n) is 3.25. The van der Waals surface area contributed by atoms with Crippen molar-refractivity contribution in [2.24, 2.45) is 5.92 Å². The summed E-state index contributed by atoms with van der Waals surface area (Å²) in [6.45, 7) is 1.66. The molecule has 70 valence electrons. The lowest BCUT2D eigenvalue weighted by Crippen LogP contribution is -2.35. The van der Waals surface area contributed by atoms with Crippen LogP contribution in [0.15, 0.2) is 0 Å². The van der Waals surface area contributed by atoms with Crippen LogP contribution in [-0.4, -0.2) is 32.6 Å². The van der Waals surface area contributed by atoms with Crippen molar-refractivity contribution in [1.29, 1.82) is 0 Å². The summed E-state index contributed by atoms with van der Waals surface area (Å²) >= 11 is 0. The second-order valence-corrected chi connectivity index (χ2v) is 3.25. The van der Waals surface area contributed by atoms with Gasteiger partial charge in [-0.05, 0) is 32.2 Å². The van der Waals surface area contributed by atoms with Gasteiger partial charge in [-0.1, -0.05) is 0 Å². The van der Waals surface area contributed by atoms with Gasteiger partial charge < -0.3 is 14.8 Å². The molecule has 0 radical (unpaired) electrons. The molecule has 0 spiro atoms. The summed E-state index contributed by atoms with van der Waals surface area (Å²) in [5.41, 5.74) is 0. The minimum Gasteiger partial charge on any atom is -0.381 e. The third-order valence-corrected chi connectivity index (χ3v) is 2.48. The zero-order valence-corrected chi connectivity index (χ0v) is 7.58. The highest BCUT2D eigenvalue weighted by Gasteiger charge is 2.20. The maximum atomic E-state index is 10.6. The van der Waals surface area contributed by atoms with Crippen LogP contribution >= 0.6 is 0 Å². The molecule has 1 heterocycles. The molecule has 2 unspecified atom stereocenters. The molecule has 0 amide bonds. The Morgan fingerprint density at radius 1 is 1.50 bits per heavy atom. The summed E-state index contributed by atoms with van der Waals surface area (Å²) in [6, 6.07) is 0.0201. The SMILES string of the molecule is CNC(C=O)C1CCCOCC1. The number of carbonyl (C=O) groups excluding carboxylic acids is 1. The van der Waals surface area contributed by atoms with Crippen molar-refractivity contribution in [1.82, 2.24) is 5.32 Å². The van der Waals surface area contributed by atoms with E-state index in [0.29, 0.717) is 5.92 Å². The van der Waals surface area contributed by atoms with E-state index in [1.807, 2.05) is 7.05 Å². The zero-order chi connectivity index (χ0) is 8.81.